The third-order valence-electron chi connectivity index (χ3n) is 6.84. The van der Waals surface area contributed by atoms with Crippen molar-refractivity contribution in [3.8, 4) is 5.75 Å². The average Bonchev–Trinajstić information content (AvgIpc) is 3.46. The Labute approximate surface area is 196 Å². The zero-order valence-electron chi connectivity index (χ0n) is 18.8. The Morgan fingerprint density at radius 3 is 2.70 bits per heavy atom. The van der Waals surface area contributed by atoms with Crippen LogP contribution >= 0.6 is 11.3 Å². The molecule has 2 aromatic rings. The molecule has 0 radical (unpaired) electrons. The Bertz CT molecular complexity index is 1130. The molecule has 8 nitrogen and oxygen atoms in total. The van der Waals surface area contributed by atoms with Crippen LogP contribution in [0.3, 0.4) is 0 Å². The van der Waals surface area contributed by atoms with Gasteiger partial charge in [0.15, 0.2) is 0 Å². The molecular formula is C24H27N3O5S. The highest BCUT2D eigenvalue weighted by atomic mass is 32.1. The van der Waals surface area contributed by atoms with Crippen molar-refractivity contribution in [2.45, 2.75) is 31.3 Å². The van der Waals surface area contributed by atoms with Gasteiger partial charge in [0.1, 0.15) is 11.2 Å². The van der Waals surface area contributed by atoms with Crippen molar-refractivity contribution in [3.63, 3.8) is 0 Å². The number of hydrogen-bond acceptors (Lipinski definition) is 7. The molecular weight excluding hydrogens is 442 g/mol. The van der Waals surface area contributed by atoms with E-state index in [0.717, 1.165) is 36.5 Å². The first-order chi connectivity index (χ1) is 15.9. The summed E-state index contributed by atoms with van der Waals surface area (Å²) in [4.78, 5) is 44.9. The van der Waals surface area contributed by atoms with Gasteiger partial charge in [0.25, 0.3) is 5.91 Å². The number of nitrogens with one attached hydrogen (secondary N) is 1. The van der Waals surface area contributed by atoms with Gasteiger partial charge >= 0.3 is 0 Å². The molecule has 1 atom stereocenters. The number of thiophene rings is 1. The molecule has 5 rings (SSSR count). The minimum Gasteiger partial charge on any atom is -0.497 e. The number of amides is 3. The van der Waals surface area contributed by atoms with E-state index in [1.54, 1.807) is 36.5 Å². The minimum atomic E-state index is -1.06. The number of rotatable bonds is 7. The van der Waals surface area contributed by atoms with Crippen molar-refractivity contribution in [2.24, 2.45) is 0 Å². The molecule has 0 saturated carbocycles. The summed E-state index contributed by atoms with van der Waals surface area (Å²) in [6, 6.07) is 7.54. The van der Waals surface area contributed by atoms with E-state index < -0.39 is 5.41 Å². The van der Waals surface area contributed by atoms with Gasteiger partial charge in [0, 0.05) is 61.6 Å². The second kappa shape index (κ2) is 8.55. The third-order valence-corrected chi connectivity index (χ3v) is 8.28. The molecule has 0 bridgehead atoms. The van der Waals surface area contributed by atoms with E-state index in [9.17, 15) is 14.4 Å². The highest BCUT2D eigenvalue weighted by Gasteiger charge is 2.52. The summed E-state index contributed by atoms with van der Waals surface area (Å²) in [5.41, 5.74) is 1.64. The summed E-state index contributed by atoms with van der Waals surface area (Å²) in [6.45, 7) is 3.86. The molecule has 0 aliphatic carbocycles. The Morgan fingerprint density at radius 2 is 1.97 bits per heavy atom. The maximum Gasteiger partial charge on any atom is 0.254 e. The number of imide groups is 1. The Morgan fingerprint density at radius 1 is 1.12 bits per heavy atom. The largest absolute Gasteiger partial charge is 0.497 e. The van der Waals surface area contributed by atoms with Gasteiger partial charge in [0.2, 0.25) is 11.8 Å². The van der Waals surface area contributed by atoms with E-state index in [1.165, 1.54) is 10.4 Å². The minimum absolute atomic E-state index is 0.0576. The molecule has 3 aliphatic rings. The Hall–Kier alpha value is -2.75. The summed E-state index contributed by atoms with van der Waals surface area (Å²) in [5, 5.41) is 2.50. The molecule has 1 N–H and O–H groups in total. The number of hydrogen-bond donors (Lipinski definition) is 1. The highest BCUT2D eigenvalue weighted by Crippen LogP contribution is 2.42. The Kier molecular flexibility index (Phi) is 5.72. The van der Waals surface area contributed by atoms with Crippen LogP contribution in [-0.4, -0.2) is 68.0 Å². The van der Waals surface area contributed by atoms with Crippen LogP contribution in [0.2, 0.25) is 0 Å². The third kappa shape index (κ3) is 3.84. The lowest BCUT2D eigenvalue weighted by Crippen LogP contribution is -2.45. The van der Waals surface area contributed by atoms with Crippen LogP contribution in [-0.2, 0) is 39.3 Å². The summed E-state index contributed by atoms with van der Waals surface area (Å²) in [5.74, 6) is -0.124. The van der Waals surface area contributed by atoms with Crippen molar-refractivity contribution in [3.05, 3.63) is 50.7 Å². The maximum atomic E-state index is 13.2. The second-order valence-electron chi connectivity index (χ2n) is 8.90. The first-order valence-electron chi connectivity index (χ1n) is 11.1. The fourth-order valence-corrected chi connectivity index (χ4v) is 6.35. The van der Waals surface area contributed by atoms with E-state index in [4.69, 9.17) is 9.47 Å². The normalized spacial score (nSPS) is 22.5. The SMILES string of the molecule is COCCN1CCc2sc([C@]3(CN4Cc5ccc(OC)cc5C4=O)CC(=O)NC3=O)cc2C1. The van der Waals surface area contributed by atoms with Gasteiger partial charge < -0.3 is 14.4 Å². The fourth-order valence-electron chi connectivity index (χ4n) is 5.01. The van der Waals surface area contributed by atoms with Crippen LogP contribution in [0.4, 0.5) is 0 Å². The van der Waals surface area contributed by atoms with Gasteiger partial charge in [-0.05, 0) is 35.7 Å². The van der Waals surface area contributed by atoms with E-state index in [-0.39, 0.29) is 30.7 Å². The van der Waals surface area contributed by atoms with Gasteiger partial charge in [0.05, 0.1) is 13.7 Å². The lowest BCUT2D eigenvalue weighted by atomic mass is 9.83. The van der Waals surface area contributed by atoms with Crippen molar-refractivity contribution < 1.29 is 23.9 Å². The number of carbonyl (C=O) groups excluding carboxylic acids is 3. The van der Waals surface area contributed by atoms with Gasteiger partial charge in [-0.2, -0.15) is 0 Å². The predicted molar refractivity (Wildman–Crippen MR) is 122 cm³/mol. The van der Waals surface area contributed by atoms with Crippen LogP contribution in [0.5, 0.6) is 5.75 Å². The number of fused-ring (bicyclic) bond motifs is 2. The van der Waals surface area contributed by atoms with Crippen LogP contribution in [0, 0.1) is 0 Å². The molecule has 0 spiro atoms. The zero-order chi connectivity index (χ0) is 23.2. The van der Waals surface area contributed by atoms with Crippen LogP contribution in [0.1, 0.15) is 37.7 Å². The first-order valence-corrected chi connectivity index (χ1v) is 11.9. The number of ether oxygens (including phenoxy) is 2. The Balaban J connectivity index is 1.44. The summed E-state index contributed by atoms with van der Waals surface area (Å²) in [7, 11) is 3.27. The molecule has 4 heterocycles. The van der Waals surface area contributed by atoms with Gasteiger partial charge in [-0.15, -0.1) is 11.3 Å². The maximum absolute atomic E-state index is 13.2. The number of carbonyl (C=O) groups is 3. The van der Waals surface area contributed by atoms with Crippen molar-refractivity contribution in [1.82, 2.24) is 15.1 Å². The van der Waals surface area contributed by atoms with Crippen molar-refractivity contribution >= 4 is 29.1 Å². The first kappa shape index (κ1) is 22.1. The molecule has 0 unspecified atom stereocenters. The number of nitrogens with zero attached hydrogens (tertiary/aromatic N) is 2. The molecule has 174 valence electrons. The molecule has 1 aromatic carbocycles. The summed E-state index contributed by atoms with van der Waals surface area (Å²) >= 11 is 1.61. The fraction of sp³-hybridized carbons (Fsp3) is 0.458. The molecule has 33 heavy (non-hydrogen) atoms. The lowest BCUT2D eigenvalue weighted by Gasteiger charge is -2.29. The number of methoxy groups -OCH3 is 2. The van der Waals surface area contributed by atoms with Crippen molar-refractivity contribution in [1.29, 1.82) is 0 Å². The second-order valence-corrected chi connectivity index (χ2v) is 10.0. The lowest BCUT2D eigenvalue weighted by molar-refractivity contribution is -0.126. The van der Waals surface area contributed by atoms with E-state index in [0.29, 0.717) is 24.5 Å². The molecule has 3 aliphatic heterocycles. The number of benzene rings is 1. The van der Waals surface area contributed by atoms with Gasteiger partial charge in [-0.1, -0.05) is 6.07 Å². The smallest absolute Gasteiger partial charge is 0.254 e. The van der Waals surface area contributed by atoms with Crippen LogP contribution in [0.15, 0.2) is 24.3 Å². The van der Waals surface area contributed by atoms with Crippen molar-refractivity contribution in [2.75, 3.05) is 40.5 Å². The topological polar surface area (TPSA) is 88.2 Å². The van der Waals surface area contributed by atoms with Gasteiger partial charge in [-0.3, -0.25) is 24.6 Å². The molecule has 1 aromatic heterocycles. The predicted octanol–water partition coefficient (Wildman–Crippen LogP) is 1.70. The molecule has 3 amide bonds. The standard InChI is InChI=1S/C24H27N3O5S/c1-31-8-7-26-6-5-19-16(12-26)9-20(33-19)24(11-21(28)25-23(24)30)14-27-13-15-3-4-17(32-2)10-18(15)22(27)29/h3-4,9-10H,5-8,11-14H2,1-2H3,(H,25,28,30)/t24-/m1/s1. The van der Waals surface area contributed by atoms with E-state index in [2.05, 4.69) is 16.3 Å². The molecule has 9 heteroatoms. The quantitative estimate of drug-likeness (QED) is 0.621. The van der Waals surface area contributed by atoms with E-state index in [1.807, 2.05) is 12.1 Å². The summed E-state index contributed by atoms with van der Waals surface area (Å²) in [6.07, 6.45) is 0.964. The van der Waals surface area contributed by atoms with Gasteiger partial charge in [-0.25, -0.2) is 0 Å². The zero-order valence-corrected chi connectivity index (χ0v) is 19.6. The summed E-state index contributed by atoms with van der Waals surface area (Å²) < 4.78 is 10.5. The highest BCUT2D eigenvalue weighted by molar-refractivity contribution is 7.12. The average molecular weight is 470 g/mol. The van der Waals surface area contributed by atoms with E-state index >= 15 is 0 Å². The van der Waals surface area contributed by atoms with Crippen LogP contribution in [0.25, 0.3) is 0 Å². The molecule has 1 fully saturated rings. The van der Waals surface area contributed by atoms with Crippen LogP contribution < -0.4 is 10.1 Å². The molecule has 1 saturated heterocycles. The monoisotopic (exact) mass is 469 g/mol.